The molecule has 2 nitrogen and oxygen atoms in total. The lowest BCUT2D eigenvalue weighted by atomic mass is 10.0. The molecular weight excluding hydrogens is 637 g/mol. The van der Waals surface area contributed by atoms with Crippen molar-refractivity contribution in [3.63, 3.8) is 0 Å². The van der Waals surface area contributed by atoms with Gasteiger partial charge in [-0.15, -0.1) is 11.3 Å². The SMILES string of the molecule is c1ccc(-c2cccc(-n3c4ccccc4c4c5sc6c(ccc7c6c6cc(-c8ccccc8)ccc6n7-c6ccccc6)c5ccc43)c2)cc1. The third-order valence-corrected chi connectivity index (χ3v) is 11.8. The van der Waals surface area contributed by atoms with Crippen LogP contribution in [0.2, 0.25) is 0 Å². The predicted molar refractivity (Wildman–Crippen MR) is 219 cm³/mol. The number of hydrogen-bond donors (Lipinski definition) is 0. The smallest absolute Gasteiger partial charge is 0.0555 e. The molecule has 0 N–H and O–H groups in total. The molecule has 0 atom stereocenters. The number of nitrogens with zero attached hydrogens (tertiary/aromatic N) is 2. The minimum atomic E-state index is 1.17. The van der Waals surface area contributed by atoms with Crippen molar-refractivity contribution >= 4 is 75.1 Å². The van der Waals surface area contributed by atoms with Crippen molar-refractivity contribution in [2.24, 2.45) is 0 Å². The van der Waals surface area contributed by atoms with E-state index < -0.39 is 0 Å². The minimum Gasteiger partial charge on any atom is -0.309 e. The van der Waals surface area contributed by atoms with E-state index in [2.05, 4.69) is 191 Å². The maximum absolute atomic E-state index is 2.45. The molecule has 238 valence electrons. The number of aromatic nitrogens is 2. The van der Waals surface area contributed by atoms with Crippen molar-refractivity contribution in [3.8, 4) is 33.6 Å². The highest BCUT2D eigenvalue weighted by molar-refractivity contribution is 7.27. The maximum atomic E-state index is 2.45. The molecular formula is C48H30N2S. The van der Waals surface area contributed by atoms with Gasteiger partial charge >= 0.3 is 0 Å². The van der Waals surface area contributed by atoms with Crippen LogP contribution in [0, 0.1) is 0 Å². The van der Waals surface area contributed by atoms with Gasteiger partial charge in [-0.1, -0.05) is 127 Å². The first-order valence-corrected chi connectivity index (χ1v) is 18.3. The van der Waals surface area contributed by atoms with E-state index in [0.717, 1.165) is 0 Å². The summed E-state index contributed by atoms with van der Waals surface area (Å²) >= 11 is 1.94. The third-order valence-electron chi connectivity index (χ3n) is 10.5. The molecule has 3 heterocycles. The highest BCUT2D eigenvalue weighted by atomic mass is 32.1. The Hall–Kier alpha value is -6.42. The Morgan fingerprint density at radius 2 is 0.784 bits per heavy atom. The van der Waals surface area contributed by atoms with Crippen LogP contribution in [0.1, 0.15) is 0 Å². The van der Waals surface area contributed by atoms with Gasteiger partial charge in [-0.3, -0.25) is 0 Å². The second-order valence-corrected chi connectivity index (χ2v) is 14.3. The van der Waals surface area contributed by atoms with Crippen LogP contribution in [0.15, 0.2) is 182 Å². The number of thiophene rings is 1. The molecule has 0 amide bonds. The van der Waals surface area contributed by atoms with Gasteiger partial charge < -0.3 is 9.13 Å². The number of rotatable bonds is 4. The quantitative estimate of drug-likeness (QED) is 0.177. The molecule has 0 aliphatic rings. The fourth-order valence-corrected chi connectivity index (χ4v) is 9.66. The van der Waals surface area contributed by atoms with Gasteiger partial charge in [0.1, 0.15) is 0 Å². The number of hydrogen-bond acceptors (Lipinski definition) is 1. The standard InChI is InChI=1S/C48H30N2S/c1-4-13-31(14-5-1)33-17-12-20-36(29-33)50-41-22-11-10-21-39(41)45-43(50)27-24-37-38-25-28-44-46(48(38)51-47(37)45)40-30-34(32-15-6-2-7-16-32)23-26-42(40)49(44)35-18-8-3-9-19-35/h1-30H. The largest absolute Gasteiger partial charge is 0.309 e. The molecule has 0 saturated carbocycles. The highest BCUT2D eigenvalue weighted by Crippen LogP contribution is 2.48. The molecule has 0 bridgehead atoms. The Morgan fingerprint density at radius 3 is 1.47 bits per heavy atom. The Morgan fingerprint density at radius 1 is 0.294 bits per heavy atom. The molecule has 3 heteroatoms. The van der Waals surface area contributed by atoms with Crippen LogP contribution in [0.25, 0.3) is 97.4 Å². The summed E-state index contributed by atoms with van der Waals surface area (Å²) in [6.45, 7) is 0. The second kappa shape index (κ2) is 11.0. The molecule has 11 rings (SSSR count). The highest BCUT2D eigenvalue weighted by Gasteiger charge is 2.21. The summed E-state index contributed by atoms with van der Waals surface area (Å²) in [7, 11) is 0. The summed E-state index contributed by atoms with van der Waals surface area (Å²) in [6.07, 6.45) is 0. The molecule has 0 unspecified atom stereocenters. The molecule has 0 saturated heterocycles. The van der Waals surface area contributed by atoms with Gasteiger partial charge in [0.05, 0.1) is 22.1 Å². The van der Waals surface area contributed by atoms with E-state index in [4.69, 9.17) is 0 Å². The van der Waals surface area contributed by atoms with Crippen molar-refractivity contribution in [1.29, 1.82) is 0 Å². The maximum Gasteiger partial charge on any atom is 0.0555 e. The monoisotopic (exact) mass is 666 g/mol. The van der Waals surface area contributed by atoms with E-state index in [1.54, 1.807) is 0 Å². The molecule has 8 aromatic carbocycles. The van der Waals surface area contributed by atoms with Gasteiger partial charge in [-0.25, -0.2) is 0 Å². The van der Waals surface area contributed by atoms with Crippen LogP contribution >= 0.6 is 11.3 Å². The fraction of sp³-hybridized carbons (Fsp3) is 0. The molecule has 0 spiro atoms. The minimum absolute atomic E-state index is 1.17. The van der Waals surface area contributed by atoms with E-state index in [-0.39, 0.29) is 0 Å². The summed E-state index contributed by atoms with van der Waals surface area (Å²) in [5.41, 5.74) is 12.2. The van der Waals surface area contributed by atoms with Crippen LogP contribution in [0.5, 0.6) is 0 Å². The lowest BCUT2D eigenvalue weighted by molar-refractivity contribution is 1.18. The van der Waals surface area contributed by atoms with E-state index >= 15 is 0 Å². The van der Waals surface area contributed by atoms with Crippen molar-refractivity contribution in [2.45, 2.75) is 0 Å². The van der Waals surface area contributed by atoms with E-state index in [9.17, 15) is 0 Å². The van der Waals surface area contributed by atoms with Gasteiger partial charge in [0.2, 0.25) is 0 Å². The summed E-state index contributed by atoms with van der Waals surface area (Å²) < 4.78 is 7.56. The topological polar surface area (TPSA) is 9.86 Å². The number of benzene rings is 8. The van der Waals surface area contributed by atoms with Crippen LogP contribution in [-0.4, -0.2) is 9.13 Å². The molecule has 11 aromatic rings. The van der Waals surface area contributed by atoms with Gasteiger partial charge in [-0.05, 0) is 76.9 Å². The molecule has 0 aliphatic heterocycles. The molecule has 51 heavy (non-hydrogen) atoms. The average Bonchev–Trinajstić information content (AvgIpc) is 3.86. The van der Waals surface area contributed by atoms with E-state index in [1.165, 1.54) is 97.4 Å². The lowest BCUT2D eigenvalue weighted by Gasteiger charge is -2.10. The molecule has 0 aliphatic carbocycles. The molecule has 0 radical (unpaired) electrons. The van der Waals surface area contributed by atoms with Gasteiger partial charge in [0.25, 0.3) is 0 Å². The van der Waals surface area contributed by atoms with Crippen molar-refractivity contribution in [2.75, 3.05) is 0 Å². The van der Waals surface area contributed by atoms with E-state index in [0.29, 0.717) is 0 Å². The first-order valence-electron chi connectivity index (χ1n) is 17.4. The normalized spacial score (nSPS) is 11.9. The third kappa shape index (κ3) is 4.22. The van der Waals surface area contributed by atoms with Crippen molar-refractivity contribution < 1.29 is 0 Å². The second-order valence-electron chi connectivity index (χ2n) is 13.3. The van der Waals surface area contributed by atoms with Crippen LogP contribution < -0.4 is 0 Å². The molecule has 0 fully saturated rings. The fourth-order valence-electron chi connectivity index (χ4n) is 8.25. The number of para-hydroxylation sites is 2. The zero-order chi connectivity index (χ0) is 33.5. The zero-order valence-electron chi connectivity index (χ0n) is 27.6. The Labute approximate surface area is 298 Å². The van der Waals surface area contributed by atoms with Gasteiger partial charge in [0.15, 0.2) is 0 Å². The zero-order valence-corrected chi connectivity index (χ0v) is 28.4. The van der Waals surface area contributed by atoms with Crippen LogP contribution in [0.4, 0.5) is 0 Å². The first-order chi connectivity index (χ1) is 25.3. The van der Waals surface area contributed by atoms with Crippen LogP contribution in [-0.2, 0) is 0 Å². The van der Waals surface area contributed by atoms with Crippen molar-refractivity contribution in [1.82, 2.24) is 9.13 Å². The summed E-state index contributed by atoms with van der Waals surface area (Å²) in [5.74, 6) is 0. The average molecular weight is 667 g/mol. The predicted octanol–water partition coefficient (Wildman–Crippen LogP) is 13.6. The molecule has 3 aromatic heterocycles. The van der Waals surface area contributed by atoms with Gasteiger partial charge in [0, 0.05) is 53.1 Å². The Balaban J connectivity index is 1.23. The lowest BCUT2D eigenvalue weighted by Crippen LogP contribution is -1.94. The van der Waals surface area contributed by atoms with E-state index in [1.807, 2.05) is 11.3 Å². The van der Waals surface area contributed by atoms with Gasteiger partial charge in [-0.2, -0.15) is 0 Å². The summed E-state index contributed by atoms with van der Waals surface area (Å²) in [4.78, 5) is 0. The Kier molecular flexibility index (Phi) is 6.16. The summed E-state index contributed by atoms with van der Waals surface area (Å²) in [5, 5.41) is 7.82. The summed E-state index contributed by atoms with van der Waals surface area (Å²) in [6, 6.07) is 66.4. The Bertz CT molecular complexity index is 3110. The number of fused-ring (bicyclic) bond motifs is 11. The van der Waals surface area contributed by atoms with Crippen molar-refractivity contribution in [3.05, 3.63) is 182 Å². The van der Waals surface area contributed by atoms with Crippen LogP contribution in [0.3, 0.4) is 0 Å². The first kappa shape index (κ1) is 28.4.